The van der Waals surface area contributed by atoms with Gasteiger partial charge in [0.2, 0.25) is 0 Å². The van der Waals surface area contributed by atoms with Gasteiger partial charge < -0.3 is 19.3 Å². The molecule has 0 radical (unpaired) electrons. The van der Waals surface area contributed by atoms with Gasteiger partial charge in [0.15, 0.2) is 0 Å². The molecule has 1 N–H and O–H groups in total. The molecule has 3 aromatic rings. The minimum absolute atomic E-state index is 0.0000235. The van der Waals surface area contributed by atoms with Crippen molar-refractivity contribution in [1.82, 2.24) is 0 Å². The molecule has 32 heavy (non-hydrogen) atoms. The van der Waals surface area contributed by atoms with E-state index < -0.39 is 0 Å². The minimum atomic E-state index is 0.0000235. The number of aliphatic hydroxyl groups is 1. The van der Waals surface area contributed by atoms with E-state index in [1.807, 2.05) is 72.8 Å². The Morgan fingerprint density at radius 1 is 0.656 bits per heavy atom. The van der Waals surface area contributed by atoms with E-state index in [9.17, 15) is 5.11 Å². The molecule has 0 heterocycles. The molecule has 3 aromatic carbocycles. The van der Waals surface area contributed by atoms with Gasteiger partial charge in [-0.05, 0) is 80.3 Å². The van der Waals surface area contributed by atoms with Crippen LogP contribution in [0.25, 0.3) is 0 Å². The number of para-hydroxylation sites is 1. The van der Waals surface area contributed by atoms with Crippen molar-refractivity contribution in [3.63, 3.8) is 0 Å². The van der Waals surface area contributed by atoms with Crippen molar-refractivity contribution < 1.29 is 19.3 Å². The summed E-state index contributed by atoms with van der Waals surface area (Å²) in [5, 5.41) is 17.8. The van der Waals surface area contributed by atoms with Crippen molar-refractivity contribution in [1.29, 1.82) is 0 Å². The number of benzene rings is 3. The molecule has 0 aromatic heterocycles. The van der Waals surface area contributed by atoms with E-state index in [1.165, 1.54) is 0 Å². The van der Waals surface area contributed by atoms with Crippen LogP contribution < -0.4 is 14.2 Å². The number of azo groups is 1. The van der Waals surface area contributed by atoms with Crippen LogP contribution in [-0.2, 0) is 6.61 Å². The molecule has 0 aliphatic carbocycles. The van der Waals surface area contributed by atoms with E-state index >= 15 is 0 Å². The maximum Gasteiger partial charge on any atom is 0.124 e. The fourth-order valence-electron chi connectivity index (χ4n) is 3.08. The first-order chi connectivity index (χ1) is 15.8. The summed E-state index contributed by atoms with van der Waals surface area (Å²) in [6, 6.07) is 22.6. The number of nitrogens with zero attached hydrogens (tertiary/aromatic N) is 2. The Kier molecular flexibility index (Phi) is 9.55. The Hall–Kier alpha value is -3.38. The summed E-state index contributed by atoms with van der Waals surface area (Å²) in [6.45, 7) is 1.34. The topological polar surface area (TPSA) is 72.6 Å². The van der Waals surface area contributed by atoms with Gasteiger partial charge in [-0.3, -0.25) is 0 Å². The lowest BCUT2D eigenvalue weighted by Crippen LogP contribution is -2.01. The Morgan fingerprint density at radius 2 is 1.22 bits per heavy atom. The van der Waals surface area contributed by atoms with Crippen LogP contribution in [0.15, 0.2) is 83.0 Å². The molecule has 0 aliphatic heterocycles. The van der Waals surface area contributed by atoms with E-state index in [2.05, 4.69) is 10.2 Å². The van der Waals surface area contributed by atoms with Crippen molar-refractivity contribution in [3.8, 4) is 17.2 Å². The lowest BCUT2D eigenvalue weighted by molar-refractivity contribution is 0.258. The lowest BCUT2D eigenvalue weighted by Gasteiger charge is -2.10. The second-order valence-corrected chi connectivity index (χ2v) is 7.27. The first-order valence-electron chi connectivity index (χ1n) is 10.9. The molecule has 168 valence electrons. The third-order valence-electron chi connectivity index (χ3n) is 4.90. The number of methoxy groups -OCH3 is 1. The number of rotatable bonds is 13. The zero-order valence-corrected chi connectivity index (χ0v) is 18.4. The first-order valence-corrected chi connectivity index (χ1v) is 10.9. The first kappa shape index (κ1) is 23.3. The van der Waals surface area contributed by atoms with Gasteiger partial charge in [-0.15, -0.1) is 0 Å². The number of hydrogen-bond donors (Lipinski definition) is 1. The van der Waals surface area contributed by atoms with Gasteiger partial charge >= 0.3 is 0 Å². The van der Waals surface area contributed by atoms with Crippen LogP contribution in [0.2, 0.25) is 0 Å². The molecular formula is C26H30N2O4. The maximum absolute atomic E-state index is 9.31. The fourth-order valence-corrected chi connectivity index (χ4v) is 3.08. The monoisotopic (exact) mass is 434 g/mol. The van der Waals surface area contributed by atoms with Crippen molar-refractivity contribution in [2.75, 3.05) is 20.3 Å². The van der Waals surface area contributed by atoms with Gasteiger partial charge in [-0.1, -0.05) is 18.2 Å². The van der Waals surface area contributed by atoms with Gasteiger partial charge in [0.25, 0.3) is 0 Å². The molecule has 0 atom stereocenters. The minimum Gasteiger partial charge on any atom is -0.497 e. The van der Waals surface area contributed by atoms with Crippen molar-refractivity contribution >= 4 is 11.4 Å². The molecule has 0 spiro atoms. The van der Waals surface area contributed by atoms with Crippen molar-refractivity contribution in [2.45, 2.75) is 32.3 Å². The zero-order valence-electron chi connectivity index (χ0n) is 18.4. The van der Waals surface area contributed by atoms with Crippen molar-refractivity contribution in [3.05, 3.63) is 78.4 Å². The molecule has 6 nitrogen and oxygen atoms in total. The van der Waals surface area contributed by atoms with Crippen LogP contribution in [0.3, 0.4) is 0 Å². The van der Waals surface area contributed by atoms with Gasteiger partial charge in [-0.25, -0.2) is 0 Å². The second-order valence-electron chi connectivity index (χ2n) is 7.27. The summed E-state index contributed by atoms with van der Waals surface area (Å²) in [5.41, 5.74) is 2.37. The number of ether oxygens (including phenoxy) is 3. The van der Waals surface area contributed by atoms with Crippen LogP contribution in [0.1, 0.15) is 31.2 Å². The molecule has 0 saturated carbocycles. The van der Waals surface area contributed by atoms with E-state index in [0.717, 1.165) is 59.9 Å². The molecular weight excluding hydrogens is 404 g/mol. The highest BCUT2D eigenvalue weighted by Crippen LogP contribution is 2.23. The lowest BCUT2D eigenvalue weighted by atomic mass is 10.2. The molecule has 0 unspecified atom stereocenters. The summed E-state index contributed by atoms with van der Waals surface area (Å²) in [5.74, 6) is 2.39. The van der Waals surface area contributed by atoms with Gasteiger partial charge in [-0.2, -0.15) is 10.2 Å². The van der Waals surface area contributed by atoms with E-state index in [0.29, 0.717) is 13.2 Å². The Bertz CT molecular complexity index is 956. The van der Waals surface area contributed by atoms with E-state index in [4.69, 9.17) is 14.2 Å². The number of aliphatic hydroxyl groups excluding tert-OH is 1. The highest BCUT2D eigenvalue weighted by atomic mass is 16.5. The summed E-state index contributed by atoms with van der Waals surface area (Å²) in [6.07, 6.45) is 4.13. The standard InChI is InChI=1S/C26H30N2O4/c1-30-24-14-10-22(11-15-24)27-28-23-12-16-25(17-13-23)31-18-6-2-3-7-19-32-26-9-5-4-8-21(26)20-29/h4-5,8-17,29H,2-3,6-7,18-20H2,1H3. The predicted molar refractivity (Wildman–Crippen MR) is 125 cm³/mol. The highest BCUT2D eigenvalue weighted by molar-refractivity contribution is 5.44. The van der Waals surface area contributed by atoms with E-state index in [1.54, 1.807) is 7.11 Å². The molecule has 0 aliphatic rings. The Labute approximate surface area is 189 Å². The molecule has 0 fully saturated rings. The van der Waals surface area contributed by atoms with Crippen LogP contribution in [0.5, 0.6) is 17.2 Å². The summed E-state index contributed by atoms with van der Waals surface area (Å²) in [4.78, 5) is 0. The zero-order chi connectivity index (χ0) is 22.4. The van der Waals surface area contributed by atoms with Crippen LogP contribution in [0, 0.1) is 0 Å². The largest absolute Gasteiger partial charge is 0.497 e. The smallest absolute Gasteiger partial charge is 0.124 e. The molecule has 3 rings (SSSR count). The highest BCUT2D eigenvalue weighted by Gasteiger charge is 2.01. The average molecular weight is 435 g/mol. The molecule has 0 amide bonds. The predicted octanol–water partition coefficient (Wildman–Crippen LogP) is 6.62. The van der Waals surface area contributed by atoms with Crippen LogP contribution in [-0.4, -0.2) is 25.4 Å². The summed E-state index contributed by atoms with van der Waals surface area (Å²) >= 11 is 0. The third-order valence-corrected chi connectivity index (χ3v) is 4.90. The number of hydrogen-bond acceptors (Lipinski definition) is 6. The molecule has 0 saturated heterocycles. The van der Waals surface area contributed by atoms with Crippen molar-refractivity contribution in [2.24, 2.45) is 10.2 Å². The summed E-state index contributed by atoms with van der Waals surface area (Å²) < 4.78 is 16.7. The average Bonchev–Trinajstić information content (AvgIpc) is 2.85. The van der Waals surface area contributed by atoms with Gasteiger partial charge in [0, 0.05) is 5.56 Å². The SMILES string of the molecule is COc1ccc(N=Nc2ccc(OCCCCCCOc3ccccc3CO)cc2)cc1. The van der Waals surface area contributed by atoms with Gasteiger partial charge in [0.1, 0.15) is 17.2 Å². The second kappa shape index (κ2) is 13.1. The number of unbranched alkanes of at least 4 members (excludes halogenated alkanes) is 3. The normalized spacial score (nSPS) is 10.9. The fraction of sp³-hybridized carbons (Fsp3) is 0.308. The quantitative estimate of drug-likeness (QED) is 0.242. The van der Waals surface area contributed by atoms with Crippen LogP contribution >= 0.6 is 0 Å². The third kappa shape index (κ3) is 7.71. The maximum atomic E-state index is 9.31. The van der Waals surface area contributed by atoms with Gasteiger partial charge in [0.05, 0.1) is 38.3 Å². The molecule has 0 bridgehead atoms. The Balaban J connectivity index is 1.28. The van der Waals surface area contributed by atoms with E-state index in [-0.39, 0.29) is 6.61 Å². The molecule has 6 heteroatoms. The van der Waals surface area contributed by atoms with Crippen LogP contribution in [0.4, 0.5) is 11.4 Å². The summed E-state index contributed by atoms with van der Waals surface area (Å²) in [7, 11) is 1.64. The Morgan fingerprint density at radius 3 is 1.81 bits per heavy atom.